The van der Waals surface area contributed by atoms with Crippen LogP contribution in [-0.4, -0.2) is 66.6 Å². The molecule has 1 rings (SSSR count). The fourth-order valence-electron chi connectivity index (χ4n) is 2.05. The molecular formula is C14H26N2O5. The zero-order chi connectivity index (χ0) is 15.9. The van der Waals surface area contributed by atoms with E-state index in [9.17, 15) is 9.59 Å². The number of nitrogens with zero attached hydrogens (tertiary/aromatic N) is 1. The summed E-state index contributed by atoms with van der Waals surface area (Å²) in [5.74, 6) is -1.04. The van der Waals surface area contributed by atoms with E-state index >= 15 is 0 Å². The third-order valence-electron chi connectivity index (χ3n) is 3.06. The molecule has 0 unspecified atom stereocenters. The maximum absolute atomic E-state index is 11.6. The Bertz CT molecular complexity index is 348. The number of hydrogen-bond acceptors (Lipinski definition) is 5. The van der Waals surface area contributed by atoms with Gasteiger partial charge in [-0.15, -0.1) is 0 Å². The van der Waals surface area contributed by atoms with Crippen molar-refractivity contribution in [2.24, 2.45) is 0 Å². The van der Waals surface area contributed by atoms with Crippen LogP contribution in [-0.2, 0) is 14.3 Å². The lowest BCUT2D eigenvalue weighted by molar-refractivity contribution is -0.139. The normalized spacial score (nSPS) is 18.0. The number of carboxylic acids is 1. The zero-order valence-electron chi connectivity index (χ0n) is 13.1. The van der Waals surface area contributed by atoms with Gasteiger partial charge in [-0.05, 0) is 40.2 Å². The molecule has 7 heteroatoms. The summed E-state index contributed by atoms with van der Waals surface area (Å²) in [6.07, 6.45) is 0.389. The predicted octanol–water partition coefficient (Wildman–Crippen LogP) is 1.08. The van der Waals surface area contributed by atoms with Gasteiger partial charge in [0.25, 0.3) is 0 Å². The molecule has 0 bridgehead atoms. The van der Waals surface area contributed by atoms with Gasteiger partial charge in [0, 0.05) is 13.1 Å². The van der Waals surface area contributed by atoms with Gasteiger partial charge in [0.05, 0.1) is 13.2 Å². The molecule has 0 aliphatic carbocycles. The van der Waals surface area contributed by atoms with Crippen molar-refractivity contribution in [1.29, 1.82) is 0 Å². The van der Waals surface area contributed by atoms with Crippen LogP contribution in [0.2, 0.25) is 0 Å². The van der Waals surface area contributed by atoms with Gasteiger partial charge >= 0.3 is 12.1 Å². The van der Waals surface area contributed by atoms with Crippen LogP contribution in [0.25, 0.3) is 0 Å². The van der Waals surface area contributed by atoms with E-state index in [0.717, 1.165) is 32.8 Å². The SMILES string of the molecule is CC(C)(C)OC(=O)N[C@@H](CCCN1CCOCC1)C(=O)O. The Balaban J connectivity index is 2.32. The van der Waals surface area contributed by atoms with Gasteiger partial charge in [-0.25, -0.2) is 9.59 Å². The van der Waals surface area contributed by atoms with Crippen LogP contribution in [0.5, 0.6) is 0 Å². The predicted molar refractivity (Wildman–Crippen MR) is 77.3 cm³/mol. The summed E-state index contributed by atoms with van der Waals surface area (Å²) in [4.78, 5) is 25.0. The lowest BCUT2D eigenvalue weighted by atomic mass is 10.1. The quantitative estimate of drug-likeness (QED) is 0.763. The van der Waals surface area contributed by atoms with Gasteiger partial charge in [-0.2, -0.15) is 0 Å². The Morgan fingerprint density at radius 2 is 1.95 bits per heavy atom. The number of carbonyl (C=O) groups is 2. The van der Waals surface area contributed by atoms with Crippen molar-refractivity contribution in [3.63, 3.8) is 0 Å². The van der Waals surface area contributed by atoms with Crippen LogP contribution in [0.4, 0.5) is 4.79 Å². The summed E-state index contributed by atoms with van der Waals surface area (Å²) in [5.41, 5.74) is -0.638. The highest BCUT2D eigenvalue weighted by Crippen LogP contribution is 2.08. The maximum Gasteiger partial charge on any atom is 0.408 e. The number of rotatable bonds is 6. The smallest absolute Gasteiger partial charge is 0.408 e. The molecule has 0 aromatic heterocycles. The molecule has 7 nitrogen and oxygen atoms in total. The molecule has 2 N–H and O–H groups in total. The van der Waals surface area contributed by atoms with Crippen LogP contribution in [0.15, 0.2) is 0 Å². The second-order valence-corrected chi connectivity index (χ2v) is 6.13. The van der Waals surface area contributed by atoms with Crippen LogP contribution in [0, 0.1) is 0 Å². The minimum absolute atomic E-state index is 0.381. The highest BCUT2D eigenvalue weighted by atomic mass is 16.6. The number of carbonyl (C=O) groups excluding carboxylic acids is 1. The molecule has 122 valence electrons. The summed E-state index contributed by atoms with van der Waals surface area (Å²) in [5, 5.41) is 11.6. The fourth-order valence-corrected chi connectivity index (χ4v) is 2.05. The fraction of sp³-hybridized carbons (Fsp3) is 0.857. The van der Waals surface area contributed by atoms with Crippen LogP contribution in [0.1, 0.15) is 33.6 Å². The average Bonchev–Trinajstić information content (AvgIpc) is 2.36. The Labute approximate surface area is 125 Å². The molecule has 0 aromatic carbocycles. The Morgan fingerprint density at radius 3 is 2.48 bits per heavy atom. The molecule has 1 aliphatic rings. The van der Waals surface area contributed by atoms with Crippen LogP contribution in [0.3, 0.4) is 0 Å². The number of aliphatic carboxylic acids is 1. The van der Waals surface area contributed by atoms with Crippen LogP contribution >= 0.6 is 0 Å². The molecule has 1 saturated heterocycles. The number of amides is 1. The third kappa shape index (κ3) is 7.87. The lowest BCUT2D eigenvalue weighted by Gasteiger charge is -2.27. The Hall–Kier alpha value is -1.34. The van der Waals surface area contributed by atoms with Crippen molar-refractivity contribution >= 4 is 12.1 Å². The zero-order valence-corrected chi connectivity index (χ0v) is 13.1. The lowest BCUT2D eigenvalue weighted by Crippen LogP contribution is -2.44. The Morgan fingerprint density at radius 1 is 1.33 bits per heavy atom. The molecule has 1 aliphatic heterocycles. The number of alkyl carbamates (subject to hydrolysis) is 1. The first-order valence-electron chi connectivity index (χ1n) is 7.30. The van der Waals surface area contributed by atoms with Crippen molar-refractivity contribution in [2.75, 3.05) is 32.8 Å². The third-order valence-corrected chi connectivity index (χ3v) is 3.06. The van der Waals surface area contributed by atoms with E-state index in [4.69, 9.17) is 14.6 Å². The summed E-state index contributed by atoms with van der Waals surface area (Å²) >= 11 is 0. The van der Waals surface area contributed by atoms with Crippen molar-refractivity contribution in [2.45, 2.75) is 45.3 Å². The van der Waals surface area contributed by atoms with Crippen molar-refractivity contribution in [3.05, 3.63) is 0 Å². The minimum atomic E-state index is -1.04. The van der Waals surface area contributed by atoms with Crippen molar-refractivity contribution in [1.82, 2.24) is 10.2 Å². The molecular weight excluding hydrogens is 276 g/mol. The number of hydrogen-bond donors (Lipinski definition) is 2. The summed E-state index contributed by atoms with van der Waals surface area (Å²) in [7, 11) is 0. The van der Waals surface area contributed by atoms with Crippen molar-refractivity contribution < 1.29 is 24.2 Å². The largest absolute Gasteiger partial charge is 0.480 e. The molecule has 0 aromatic rings. The number of nitrogens with one attached hydrogen (secondary N) is 1. The summed E-state index contributed by atoms with van der Waals surface area (Å²) in [6.45, 7) is 9.21. The van der Waals surface area contributed by atoms with Crippen molar-refractivity contribution in [3.8, 4) is 0 Å². The second-order valence-electron chi connectivity index (χ2n) is 6.13. The molecule has 1 fully saturated rings. The number of morpholine rings is 1. The number of carboxylic acid groups (broad SMARTS) is 1. The molecule has 1 heterocycles. The molecule has 0 radical (unpaired) electrons. The van der Waals surface area contributed by atoms with Gasteiger partial charge in [0.1, 0.15) is 11.6 Å². The standard InChI is InChI=1S/C14H26N2O5/c1-14(2,3)21-13(19)15-11(12(17)18)5-4-6-16-7-9-20-10-8-16/h11H,4-10H2,1-3H3,(H,15,19)(H,17,18)/t11-/m0/s1. The summed E-state index contributed by atoms with van der Waals surface area (Å²) in [6, 6.07) is -0.916. The summed E-state index contributed by atoms with van der Waals surface area (Å²) < 4.78 is 10.3. The van der Waals surface area contributed by atoms with E-state index in [1.807, 2.05) is 0 Å². The van der Waals surface area contributed by atoms with E-state index < -0.39 is 23.7 Å². The average molecular weight is 302 g/mol. The molecule has 0 spiro atoms. The highest BCUT2D eigenvalue weighted by molar-refractivity contribution is 5.79. The maximum atomic E-state index is 11.6. The molecule has 1 atom stereocenters. The highest BCUT2D eigenvalue weighted by Gasteiger charge is 2.23. The van der Waals surface area contributed by atoms with E-state index in [1.54, 1.807) is 20.8 Å². The van der Waals surface area contributed by atoms with E-state index in [0.29, 0.717) is 12.8 Å². The molecule has 0 saturated carbocycles. The second kappa shape index (κ2) is 8.19. The van der Waals surface area contributed by atoms with Gasteiger partial charge in [-0.1, -0.05) is 0 Å². The minimum Gasteiger partial charge on any atom is -0.480 e. The Kier molecular flexibility index (Phi) is 6.91. The first-order valence-corrected chi connectivity index (χ1v) is 7.30. The van der Waals surface area contributed by atoms with Gasteiger partial charge in [0.15, 0.2) is 0 Å². The van der Waals surface area contributed by atoms with Gasteiger partial charge in [0.2, 0.25) is 0 Å². The topological polar surface area (TPSA) is 88.1 Å². The van der Waals surface area contributed by atoms with E-state index in [1.165, 1.54) is 0 Å². The number of ether oxygens (including phenoxy) is 2. The first kappa shape index (κ1) is 17.7. The van der Waals surface area contributed by atoms with Gasteiger partial charge in [-0.3, -0.25) is 4.90 Å². The molecule has 21 heavy (non-hydrogen) atoms. The van der Waals surface area contributed by atoms with Crippen LogP contribution < -0.4 is 5.32 Å². The van der Waals surface area contributed by atoms with E-state index in [2.05, 4.69) is 10.2 Å². The molecule has 1 amide bonds. The van der Waals surface area contributed by atoms with E-state index in [-0.39, 0.29) is 0 Å². The first-order chi connectivity index (χ1) is 9.78. The van der Waals surface area contributed by atoms with Gasteiger partial charge < -0.3 is 19.9 Å². The monoisotopic (exact) mass is 302 g/mol.